The topological polar surface area (TPSA) is 63.7 Å². The predicted molar refractivity (Wildman–Crippen MR) is 117 cm³/mol. The number of ether oxygens (including phenoxy) is 2. The molecule has 0 spiro atoms. The average Bonchev–Trinajstić information content (AvgIpc) is 3.15. The fraction of sp³-hybridized carbons (Fsp3) is 0.545. The summed E-state index contributed by atoms with van der Waals surface area (Å²) in [5, 5.41) is 5.63. The van der Waals surface area contributed by atoms with Crippen molar-refractivity contribution in [1.82, 2.24) is 9.88 Å². The number of thiazole rings is 1. The van der Waals surface area contributed by atoms with Gasteiger partial charge in [0.2, 0.25) is 5.91 Å². The molecule has 0 atom stereocenters. The maximum absolute atomic E-state index is 12.2. The lowest BCUT2D eigenvalue weighted by Crippen LogP contribution is -2.32. The number of hydrogen-bond donors (Lipinski definition) is 1. The van der Waals surface area contributed by atoms with Crippen LogP contribution in [0.5, 0.6) is 11.5 Å². The van der Waals surface area contributed by atoms with Crippen molar-refractivity contribution in [1.29, 1.82) is 0 Å². The fourth-order valence-corrected chi connectivity index (χ4v) is 4.04. The van der Waals surface area contributed by atoms with Gasteiger partial charge in [-0.25, -0.2) is 4.98 Å². The van der Waals surface area contributed by atoms with Gasteiger partial charge in [-0.1, -0.05) is 19.1 Å². The standard InChI is InChI=1S/C22H31N3O3S/c1-3-27-19-7-4-5-8-20(19)28-14-6-9-21(26)24-22-23-18(16-29-22)15-25-12-10-17(2)11-13-25/h4-5,7-8,16-17H,3,6,9-15H2,1-2H3,(H,23,24,26). The summed E-state index contributed by atoms with van der Waals surface area (Å²) in [5.74, 6) is 2.25. The normalized spacial score (nSPS) is 15.2. The van der Waals surface area contributed by atoms with Crippen LogP contribution in [0.1, 0.15) is 45.2 Å². The van der Waals surface area contributed by atoms with Crippen LogP contribution in [-0.2, 0) is 11.3 Å². The van der Waals surface area contributed by atoms with Gasteiger partial charge in [0, 0.05) is 18.3 Å². The van der Waals surface area contributed by atoms with Crippen molar-refractivity contribution < 1.29 is 14.3 Å². The van der Waals surface area contributed by atoms with Crippen LogP contribution in [0.4, 0.5) is 5.13 Å². The highest BCUT2D eigenvalue weighted by molar-refractivity contribution is 7.13. The number of hydrogen-bond acceptors (Lipinski definition) is 6. The Hall–Kier alpha value is -2.12. The number of para-hydroxylation sites is 2. The Labute approximate surface area is 177 Å². The van der Waals surface area contributed by atoms with E-state index in [4.69, 9.17) is 9.47 Å². The fourth-order valence-electron chi connectivity index (χ4n) is 3.33. The molecule has 3 rings (SSSR count). The molecule has 2 aromatic rings. The first kappa shape index (κ1) is 21.6. The summed E-state index contributed by atoms with van der Waals surface area (Å²) in [6.45, 7) is 8.45. The molecule has 0 bridgehead atoms. The SMILES string of the molecule is CCOc1ccccc1OCCCC(=O)Nc1nc(CN2CCC(C)CC2)cs1. The predicted octanol–water partition coefficient (Wildman–Crippen LogP) is 4.57. The summed E-state index contributed by atoms with van der Waals surface area (Å²) in [4.78, 5) is 19.2. The largest absolute Gasteiger partial charge is 0.490 e. The van der Waals surface area contributed by atoms with Crippen molar-refractivity contribution in [3.05, 3.63) is 35.3 Å². The highest BCUT2D eigenvalue weighted by Gasteiger charge is 2.17. The number of anilines is 1. The molecule has 158 valence electrons. The maximum atomic E-state index is 12.2. The molecule has 0 radical (unpaired) electrons. The van der Waals surface area contributed by atoms with E-state index < -0.39 is 0 Å². The molecule has 0 unspecified atom stereocenters. The number of nitrogens with one attached hydrogen (secondary N) is 1. The lowest BCUT2D eigenvalue weighted by Gasteiger charge is -2.29. The zero-order chi connectivity index (χ0) is 20.5. The molecule has 1 aliphatic rings. The van der Waals surface area contributed by atoms with Crippen molar-refractivity contribution >= 4 is 22.4 Å². The monoisotopic (exact) mass is 417 g/mol. The Morgan fingerprint density at radius 3 is 2.69 bits per heavy atom. The zero-order valence-corrected chi connectivity index (χ0v) is 18.2. The average molecular weight is 418 g/mol. The molecule has 1 fully saturated rings. The Morgan fingerprint density at radius 1 is 1.24 bits per heavy atom. The molecule has 1 aromatic heterocycles. The van der Waals surface area contributed by atoms with Gasteiger partial charge >= 0.3 is 0 Å². The molecule has 0 saturated carbocycles. The molecule has 1 saturated heterocycles. The van der Waals surface area contributed by atoms with E-state index >= 15 is 0 Å². The Morgan fingerprint density at radius 2 is 1.97 bits per heavy atom. The summed E-state index contributed by atoms with van der Waals surface area (Å²) < 4.78 is 11.3. The van der Waals surface area contributed by atoms with Gasteiger partial charge in [0.05, 0.1) is 18.9 Å². The van der Waals surface area contributed by atoms with Crippen LogP contribution in [-0.4, -0.2) is 42.1 Å². The second kappa shape index (κ2) is 11.2. The minimum absolute atomic E-state index is 0.0283. The Bertz CT molecular complexity index is 772. The molecule has 1 aliphatic heterocycles. The van der Waals surface area contributed by atoms with E-state index in [0.717, 1.165) is 37.0 Å². The van der Waals surface area contributed by atoms with Gasteiger partial charge in [-0.15, -0.1) is 11.3 Å². The Kier molecular flexibility index (Phi) is 8.31. The number of benzene rings is 1. The van der Waals surface area contributed by atoms with Crippen molar-refractivity contribution in [3.8, 4) is 11.5 Å². The van der Waals surface area contributed by atoms with E-state index in [1.807, 2.05) is 36.6 Å². The van der Waals surface area contributed by atoms with Gasteiger partial charge < -0.3 is 14.8 Å². The van der Waals surface area contributed by atoms with Crippen LogP contribution < -0.4 is 14.8 Å². The van der Waals surface area contributed by atoms with Gasteiger partial charge in [0.1, 0.15) is 0 Å². The third-order valence-electron chi connectivity index (χ3n) is 5.01. The minimum Gasteiger partial charge on any atom is -0.490 e. The van der Waals surface area contributed by atoms with Crippen molar-refractivity contribution in [2.45, 2.75) is 46.1 Å². The minimum atomic E-state index is -0.0283. The molecule has 1 amide bonds. The lowest BCUT2D eigenvalue weighted by molar-refractivity contribution is -0.116. The molecule has 29 heavy (non-hydrogen) atoms. The molecule has 7 heteroatoms. The lowest BCUT2D eigenvalue weighted by atomic mass is 9.99. The van der Waals surface area contributed by atoms with E-state index in [0.29, 0.717) is 36.9 Å². The van der Waals surface area contributed by atoms with Crippen LogP contribution in [0.25, 0.3) is 0 Å². The van der Waals surface area contributed by atoms with Crippen LogP contribution in [0.3, 0.4) is 0 Å². The maximum Gasteiger partial charge on any atom is 0.226 e. The molecule has 2 heterocycles. The number of aromatic nitrogens is 1. The number of carbonyl (C=O) groups excluding carboxylic acids is 1. The van der Waals surface area contributed by atoms with Gasteiger partial charge in [0.15, 0.2) is 16.6 Å². The summed E-state index contributed by atoms with van der Waals surface area (Å²) in [5.41, 5.74) is 1.04. The third-order valence-corrected chi connectivity index (χ3v) is 5.82. The first-order chi connectivity index (χ1) is 14.1. The summed E-state index contributed by atoms with van der Waals surface area (Å²) in [6.07, 6.45) is 3.54. The molecular formula is C22H31N3O3S. The molecule has 1 N–H and O–H groups in total. The van der Waals surface area contributed by atoms with E-state index in [9.17, 15) is 4.79 Å². The summed E-state index contributed by atoms with van der Waals surface area (Å²) >= 11 is 1.49. The third kappa shape index (κ3) is 7.01. The summed E-state index contributed by atoms with van der Waals surface area (Å²) in [6, 6.07) is 7.59. The second-order valence-corrected chi connectivity index (χ2v) is 8.34. The summed E-state index contributed by atoms with van der Waals surface area (Å²) in [7, 11) is 0. The molecule has 0 aliphatic carbocycles. The smallest absolute Gasteiger partial charge is 0.226 e. The van der Waals surface area contributed by atoms with Crippen molar-refractivity contribution in [3.63, 3.8) is 0 Å². The molecular weight excluding hydrogens is 386 g/mol. The van der Waals surface area contributed by atoms with Gasteiger partial charge in [0.25, 0.3) is 0 Å². The van der Waals surface area contributed by atoms with Crippen LogP contribution in [0.2, 0.25) is 0 Å². The number of rotatable bonds is 10. The van der Waals surface area contributed by atoms with E-state index in [2.05, 4.69) is 22.1 Å². The number of carbonyl (C=O) groups is 1. The Balaban J connectivity index is 1.36. The first-order valence-electron chi connectivity index (χ1n) is 10.4. The van der Waals surface area contributed by atoms with E-state index in [1.165, 1.54) is 24.2 Å². The molecule has 1 aromatic carbocycles. The first-order valence-corrected chi connectivity index (χ1v) is 11.3. The van der Waals surface area contributed by atoms with Crippen LogP contribution >= 0.6 is 11.3 Å². The van der Waals surface area contributed by atoms with E-state index in [-0.39, 0.29) is 5.91 Å². The van der Waals surface area contributed by atoms with Gasteiger partial charge in [-0.2, -0.15) is 0 Å². The highest BCUT2D eigenvalue weighted by Crippen LogP contribution is 2.26. The number of piperidine rings is 1. The van der Waals surface area contributed by atoms with Crippen LogP contribution in [0.15, 0.2) is 29.6 Å². The molecule has 6 nitrogen and oxygen atoms in total. The highest BCUT2D eigenvalue weighted by atomic mass is 32.1. The van der Waals surface area contributed by atoms with Crippen LogP contribution in [0, 0.1) is 5.92 Å². The number of nitrogens with zero attached hydrogens (tertiary/aromatic N) is 2. The zero-order valence-electron chi connectivity index (χ0n) is 17.4. The van der Waals surface area contributed by atoms with E-state index in [1.54, 1.807) is 0 Å². The quantitative estimate of drug-likeness (QED) is 0.574. The van der Waals surface area contributed by atoms with Crippen molar-refractivity contribution in [2.75, 3.05) is 31.6 Å². The van der Waals surface area contributed by atoms with Crippen molar-refractivity contribution in [2.24, 2.45) is 5.92 Å². The second-order valence-electron chi connectivity index (χ2n) is 7.48. The number of amides is 1. The van der Waals surface area contributed by atoms with Gasteiger partial charge in [-0.3, -0.25) is 9.69 Å². The van der Waals surface area contributed by atoms with Gasteiger partial charge in [-0.05, 0) is 57.3 Å². The number of likely N-dealkylation sites (tertiary alicyclic amines) is 1.